The first-order valence-electron chi connectivity index (χ1n) is 8.01. The van der Waals surface area contributed by atoms with Gasteiger partial charge in [0, 0.05) is 0 Å². The van der Waals surface area contributed by atoms with Crippen molar-refractivity contribution in [2.24, 2.45) is 0 Å². The molecule has 26 heavy (non-hydrogen) atoms. The lowest BCUT2D eigenvalue weighted by Crippen LogP contribution is -2.41. The van der Waals surface area contributed by atoms with Crippen LogP contribution in [0, 0.1) is 5.82 Å². The van der Waals surface area contributed by atoms with E-state index >= 15 is 0 Å². The van der Waals surface area contributed by atoms with E-state index in [-0.39, 0.29) is 17.6 Å². The summed E-state index contributed by atoms with van der Waals surface area (Å²) in [5.41, 5.74) is 0.956. The molecular formula is C19H18FNO4S. The summed E-state index contributed by atoms with van der Waals surface area (Å²) in [5.74, 6) is -1.78. The minimum atomic E-state index is -3.79. The molecule has 2 atom stereocenters. The first-order valence-corrected chi connectivity index (χ1v) is 9.86. The fourth-order valence-corrected chi connectivity index (χ4v) is 4.65. The van der Waals surface area contributed by atoms with Crippen molar-refractivity contribution in [3.8, 4) is 0 Å². The summed E-state index contributed by atoms with van der Waals surface area (Å²) in [5, 5.41) is 9.60. The number of benzene rings is 2. The number of nitrogens with zero attached hydrogens (tertiary/aromatic N) is 1. The Kier molecular flexibility index (Phi) is 4.93. The maximum absolute atomic E-state index is 13.8. The maximum atomic E-state index is 13.8. The molecule has 1 N–H and O–H groups in total. The highest BCUT2D eigenvalue weighted by molar-refractivity contribution is 7.88. The predicted molar refractivity (Wildman–Crippen MR) is 95.3 cm³/mol. The Hall–Kier alpha value is -2.51. The zero-order chi connectivity index (χ0) is 18.9. The molecule has 0 aliphatic carbocycles. The third kappa shape index (κ3) is 3.54. The molecule has 0 amide bonds. The molecule has 0 spiro atoms. The summed E-state index contributed by atoms with van der Waals surface area (Å²) in [6.07, 6.45) is 2.79. The zero-order valence-electron chi connectivity index (χ0n) is 14.0. The van der Waals surface area contributed by atoms with Gasteiger partial charge in [-0.25, -0.2) is 17.6 Å². The average Bonchev–Trinajstić information content (AvgIpc) is 2.60. The predicted octanol–water partition coefficient (Wildman–Crippen LogP) is 3.28. The molecule has 5 nitrogen and oxygen atoms in total. The molecule has 0 bridgehead atoms. The molecule has 0 radical (unpaired) electrons. The molecule has 0 saturated carbocycles. The Morgan fingerprint density at radius 3 is 2.35 bits per heavy atom. The summed E-state index contributed by atoms with van der Waals surface area (Å²) in [6, 6.07) is 12.7. The number of hydrogen-bond donors (Lipinski definition) is 1. The number of halogens is 1. The molecule has 0 unspecified atom stereocenters. The molecule has 0 aromatic heterocycles. The largest absolute Gasteiger partial charge is 0.478 e. The molecule has 2 aromatic carbocycles. The van der Waals surface area contributed by atoms with Crippen LogP contribution in [0.5, 0.6) is 0 Å². The van der Waals surface area contributed by atoms with Crippen LogP contribution in [0.25, 0.3) is 0 Å². The van der Waals surface area contributed by atoms with Crippen molar-refractivity contribution in [1.29, 1.82) is 0 Å². The van der Waals surface area contributed by atoms with Gasteiger partial charge >= 0.3 is 5.97 Å². The number of hydrogen-bond acceptors (Lipinski definition) is 3. The highest BCUT2D eigenvalue weighted by atomic mass is 32.2. The van der Waals surface area contributed by atoms with Gasteiger partial charge in [-0.2, -0.15) is 4.31 Å². The number of carboxylic acids is 1. The second-order valence-electron chi connectivity index (χ2n) is 6.18. The number of aliphatic carboxylic acids is 1. The lowest BCUT2D eigenvalue weighted by atomic mass is 9.89. The van der Waals surface area contributed by atoms with Crippen molar-refractivity contribution in [2.75, 3.05) is 6.26 Å². The van der Waals surface area contributed by atoms with E-state index in [9.17, 15) is 22.7 Å². The third-order valence-electron chi connectivity index (χ3n) is 4.40. The van der Waals surface area contributed by atoms with Crippen LogP contribution in [0.15, 0.2) is 66.2 Å². The number of rotatable bonds is 4. The van der Waals surface area contributed by atoms with Crippen LogP contribution in [0.1, 0.15) is 29.6 Å². The van der Waals surface area contributed by atoms with E-state index in [1.807, 2.05) is 6.07 Å². The fraction of sp³-hybridized carbons (Fsp3) is 0.211. The molecular weight excluding hydrogens is 357 g/mol. The normalized spacial score (nSPS) is 21.2. The first kappa shape index (κ1) is 18.3. The van der Waals surface area contributed by atoms with Crippen LogP contribution in [0.3, 0.4) is 0 Å². The van der Waals surface area contributed by atoms with Gasteiger partial charge in [0.15, 0.2) is 0 Å². The molecule has 1 aliphatic rings. The average molecular weight is 375 g/mol. The SMILES string of the molecule is CS(=O)(=O)N1[C@@H](c2cccc(F)c2)C(C(=O)O)=CC[C@H]1c1ccccc1. The zero-order valence-corrected chi connectivity index (χ0v) is 14.9. The fourth-order valence-electron chi connectivity index (χ4n) is 3.36. The second-order valence-corrected chi connectivity index (χ2v) is 8.06. The van der Waals surface area contributed by atoms with Crippen LogP contribution >= 0.6 is 0 Å². The second kappa shape index (κ2) is 7.01. The third-order valence-corrected chi connectivity index (χ3v) is 5.63. The van der Waals surface area contributed by atoms with Crippen molar-refractivity contribution < 1.29 is 22.7 Å². The lowest BCUT2D eigenvalue weighted by molar-refractivity contribution is -0.133. The van der Waals surface area contributed by atoms with Gasteiger partial charge in [-0.3, -0.25) is 0 Å². The van der Waals surface area contributed by atoms with E-state index in [0.29, 0.717) is 0 Å². The van der Waals surface area contributed by atoms with Gasteiger partial charge in [0.2, 0.25) is 10.0 Å². The summed E-state index contributed by atoms with van der Waals surface area (Å²) in [4.78, 5) is 11.8. The molecule has 2 aromatic rings. The van der Waals surface area contributed by atoms with Gasteiger partial charge in [0.1, 0.15) is 5.82 Å². The summed E-state index contributed by atoms with van der Waals surface area (Å²) in [6.45, 7) is 0. The highest BCUT2D eigenvalue weighted by Crippen LogP contribution is 2.43. The Balaban J connectivity index is 2.22. The van der Waals surface area contributed by atoms with E-state index in [1.165, 1.54) is 34.6 Å². The van der Waals surface area contributed by atoms with Crippen LogP contribution < -0.4 is 0 Å². The minimum Gasteiger partial charge on any atom is -0.478 e. The van der Waals surface area contributed by atoms with E-state index in [0.717, 1.165) is 11.8 Å². The lowest BCUT2D eigenvalue weighted by Gasteiger charge is -2.39. The van der Waals surface area contributed by atoms with Gasteiger partial charge < -0.3 is 5.11 Å². The minimum absolute atomic E-state index is 0.0757. The van der Waals surface area contributed by atoms with E-state index in [2.05, 4.69) is 0 Å². The van der Waals surface area contributed by atoms with Crippen molar-refractivity contribution in [3.63, 3.8) is 0 Å². The van der Waals surface area contributed by atoms with Crippen LogP contribution in [0.2, 0.25) is 0 Å². The van der Waals surface area contributed by atoms with Gasteiger partial charge in [0.25, 0.3) is 0 Å². The van der Waals surface area contributed by atoms with Gasteiger partial charge in [-0.1, -0.05) is 48.5 Å². The van der Waals surface area contributed by atoms with E-state index in [1.54, 1.807) is 24.3 Å². The standard InChI is InChI=1S/C19H18FNO4S/c1-26(24,25)21-17(13-6-3-2-4-7-13)11-10-16(19(22)23)18(21)14-8-5-9-15(20)12-14/h2-10,12,17-18H,11H2,1H3,(H,22,23)/t17-,18-/m0/s1. The van der Waals surface area contributed by atoms with E-state index < -0.39 is 33.9 Å². The van der Waals surface area contributed by atoms with Crippen LogP contribution in [-0.2, 0) is 14.8 Å². The Morgan fingerprint density at radius 2 is 1.77 bits per heavy atom. The van der Waals surface area contributed by atoms with Crippen LogP contribution in [-0.4, -0.2) is 30.1 Å². The molecule has 0 saturated heterocycles. The Labute approximate surface area is 151 Å². The maximum Gasteiger partial charge on any atom is 0.333 e. The quantitative estimate of drug-likeness (QED) is 0.890. The molecule has 3 rings (SSSR count). The Bertz CT molecular complexity index is 957. The summed E-state index contributed by atoms with van der Waals surface area (Å²) >= 11 is 0. The van der Waals surface area contributed by atoms with Crippen molar-refractivity contribution in [1.82, 2.24) is 4.31 Å². The number of carbonyl (C=O) groups is 1. The smallest absolute Gasteiger partial charge is 0.333 e. The molecule has 0 fully saturated rings. The van der Waals surface area contributed by atoms with Gasteiger partial charge in [-0.15, -0.1) is 0 Å². The topological polar surface area (TPSA) is 74.7 Å². The van der Waals surface area contributed by atoms with Crippen molar-refractivity contribution in [2.45, 2.75) is 18.5 Å². The number of carboxylic acid groups (broad SMARTS) is 1. The van der Waals surface area contributed by atoms with Gasteiger partial charge in [-0.05, 0) is 29.7 Å². The monoisotopic (exact) mass is 375 g/mol. The highest BCUT2D eigenvalue weighted by Gasteiger charge is 2.42. The molecule has 136 valence electrons. The van der Waals surface area contributed by atoms with Crippen molar-refractivity contribution in [3.05, 3.63) is 83.2 Å². The Morgan fingerprint density at radius 1 is 1.12 bits per heavy atom. The first-order chi connectivity index (χ1) is 12.3. The van der Waals surface area contributed by atoms with E-state index in [4.69, 9.17) is 0 Å². The molecule has 1 aliphatic heterocycles. The van der Waals surface area contributed by atoms with Gasteiger partial charge in [0.05, 0.1) is 23.9 Å². The summed E-state index contributed by atoms with van der Waals surface area (Å²) < 4.78 is 40.2. The van der Waals surface area contributed by atoms with Crippen molar-refractivity contribution >= 4 is 16.0 Å². The molecule has 7 heteroatoms. The number of sulfonamides is 1. The molecule has 1 heterocycles. The summed E-state index contributed by atoms with van der Waals surface area (Å²) in [7, 11) is -3.79. The van der Waals surface area contributed by atoms with Crippen LogP contribution in [0.4, 0.5) is 4.39 Å².